The van der Waals surface area contributed by atoms with E-state index in [-0.39, 0.29) is 12.4 Å². The molecule has 3 rings (SSSR count). The molecule has 0 atom stereocenters. The zero-order valence-corrected chi connectivity index (χ0v) is 13.0. The number of piperidine rings is 2. The van der Waals surface area contributed by atoms with Gasteiger partial charge in [-0.2, -0.15) is 4.98 Å². The fourth-order valence-corrected chi connectivity index (χ4v) is 2.78. The Morgan fingerprint density at radius 3 is 1.57 bits per heavy atom. The summed E-state index contributed by atoms with van der Waals surface area (Å²) < 4.78 is 0. The number of rotatable bonds is 2. The molecule has 0 aromatic carbocycles. The van der Waals surface area contributed by atoms with E-state index in [0.717, 1.165) is 63.8 Å². The molecule has 2 aliphatic rings. The fourth-order valence-electron chi connectivity index (χ4n) is 2.78. The molecule has 0 aliphatic carbocycles. The van der Waals surface area contributed by atoms with Gasteiger partial charge in [-0.1, -0.05) is 0 Å². The van der Waals surface area contributed by atoms with Crippen LogP contribution in [0.4, 0.5) is 11.9 Å². The van der Waals surface area contributed by atoms with Gasteiger partial charge in [0.1, 0.15) is 6.33 Å². The van der Waals surface area contributed by atoms with Crippen LogP contribution in [0, 0.1) is 0 Å². The maximum Gasteiger partial charge on any atom is 0.230 e. The highest BCUT2D eigenvalue weighted by Crippen LogP contribution is 2.19. The Kier molecular flexibility index (Phi) is 5.55. The van der Waals surface area contributed by atoms with E-state index in [4.69, 9.17) is 11.5 Å². The van der Waals surface area contributed by atoms with Crippen molar-refractivity contribution in [2.24, 2.45) is 11.5 Å². The summed E-state index contributed by atoms with van der Waals surface area (Å²) in [6.07, 6.45) is 5.61. The minimum absolute atomic E-state index is 0. The Morgan fingerprint density at radius 2 is 1.19 bits per heavy atom. The molecular formula is C13H24ClN7. The first-order chi connectivity index (χ1) is 9.72. The Hall–Kier alpha value is -1.18. The lowest BCUT2D eigenvalue weighted by Crippen LogP contribution is -2.42. The molecule has 0 saturated carbocycles. The maximum absolute atomic E-state index is 5.93. The molecule has 0 bridgehead atoms. The number of hydrogen-bond donors (Lipinski definition) is 2. The minimum atomic E-state index is 0. The number of hydrogen-bond acceptors (Lipinski definition) is 7. The van der Waals surface area contributed by atoms with Gasteiger partial charge in [0.25, 0.3) is 0 Å². The Balaban J connectivity index is 0.00000161. The molecule has 8 heteroatoms. The van der Waals surface area contributed by atoms with E-state index >= 15 is 0 Å². The Morgan fingerprint density at radius 1 is 0.810 bits per heavy atom. The summed E-state index contributed by atoms with van der Waals surface area (Å²) in [4.78, 5) is 17.6. The topological polar surface area (TPSA) is 97.2 Å². The predicted octanol–water partition coefficient (Wildman–Crippen LogP) is 0.148. The van der Waals surface area contributed by atoms with Gasteiger partial charge in [0.2, 0.25) is 11.9 Å². The lowest BCUT2D eigenvalue weighted by Gasteiger charge is -2.32. The van der Waals surface area contributed by atoms with Gasteiger partial charge < -0.3 is 21.3 Å². The van der Waals surface area contributed by atoms with Crippen LogP contribution in [-0.4, -0.2) is 53.2 Å². The fraction of sp³-hybridized carbons (Fsp3) is 0.769. The van der Waals surface area contributed by atoms with Crippen molar-refractivity contribution in [1.82, 2.24) is 15.0 Å². The Bertz CT molecular complexity index is 405. The average Bonchev–Trinajstić information content (AvgIpc) is 2.49. The van der Waals surface area contributed by atoms with E-state index in [1.54, 1.807) is 6.33 Å². The van der Waals surface area contributed by atoms with Gasteiger partial charge >= 0.3 is 0 Å². The maximum atomic E-state index is 5.93. The van der Waals surface area contributed by atoms with Crippen LogP contribution in [0.5, 0.6) is 0 Å². The van der Waals surface area contributed by atoms with Crippen LogP contribution in [0.3, 0.4) is 0 Å². The summed E-state index contributed by atoms with van der Waals surface area (Å²) in [6, 6.07) is 0.632. The first-order valence-corrected chi connectivity index (χ1v) is 7.42. The van der Waals surface area contributed by atoms with Crippen LogP contribution in [0.1, 0.15) is 25.7 Å². The second-order valence-corrected chi connectivity index (χ2v) is 5.73. The van der Waals surface area contributed by atoms with Crippen molar-refractivity contribution in [2.75, 3.05) is 36.0 Å². The highest BCUT2D eigenvalue weighted by atomic mass is 35.5. The summed E-state index contributed by atoms with van der Waals surface area (Å²) >= 11 is 0. The molecule has 2 saturated heterocycles. The van der Waals surface area contributed by atoms with Crippen LogP contribution in [-0.2, 0) is 0 Å². The van der Waals surface area contributed by atoms with Crippen molar-refractivity contribution in [3.05, 3.63) is 6.33 Å². The number of anilines is 2. The number of aromatic nitrogens is 3. The predicted molar refractivity (Wildman–Crippen MR) is 85.9 cm³/mol. The molecular weight excluding hydrogens is 290 g/mol. The van der Waals surface area contributed by atoms with Crippen molar-refractivity contribution in [2.45, 2.75) is 37.8 Å². The summed E-state index contributed by atoms with van der Waals surface area (Å²) in [6.45, 7) is 3.70. The second-order valence-electron chi connectivity index (χ2n) is 5.73. The van der Waals surface area contributed by atoms with Gasteiger partial charge in [-0.3, -0.25) is 0 Å². The van der Waals surface area contributed by atoms with E-state index in [2.05, 4.69) is 24.8 Å². The summed E-state index contributed by atoms with van der Waals surface area (Å²) in [5.74, 6) is 1.55. The van der Waals surface area contributed by atoms with Gasteiger partial charge in [0.05, 0.1) is 0 Å². The van der Waals surface area contributed by atoms with E-state index in [1.807, 2.05) is 0 Å². The van der Waals surface area contributed by atoms with Gasteiger partial charge in [-0.05, 0) is 25.7 Å². The molecule has 0 unspecified atom stereocenters. The van der Waals surface area contributed by atoms with Gasteiger partial charge in [-0.25, -0.2) is 9.97 Å². The van der Waals surface area contributed by atoms with E-state index < -0.39 is 0 Å². The standard InChI is InChI=1S/C13H23N7.ClH/c14-10-1-5-19(6-2-10)12-16-9-17-13(18-12)20-7-3-11(15)4-8-20;/h9-11H,1-8,14-15H2;1H. The molecule has 2 fully saturated rings. The molecule has 0 spiro atoms. The summed E-state index contributed by atoms with van der Waals surface area (Å²) in [5, 5.41) is 0. The zero-order chi connectivity index (χ0) is 13.9. The van der Waals surface area contributed by atoms with Crippen LogP contribution < -0.4 is 21.3 Å². The van der Waals surface area contributed by atoms with E-state index in [9.17, 15) is 0 Å². The normalized spacial score (nSPS) is 21.2. The molecule has 21 heavy (non-hydrogen) atoms. The van der Waals surface area contributed by atoms with Gasteiger partial charge in [0, 0.05) is 38.3 Å². The summed E-state index contributed by atoms with van der Waals surface area (Å²) in [5.41, 5.74) is 11.9. The SMILES string of the molecule is Cl.NC1CCN(c2ncnc(N3CCC(N)CC3)n2)CC1. The third-order valence-corrected chi connectivity index (χ3v) is 4.19. The monoisotopic (exact) mass is 313 g/mol. The molecule has 4 N–H and O–H groups in total. The minimum Gasteiger partial charge on any atom is -0.341 e. The van der Waals surface area contributed by atoms with Crippen molar-refractivity contribution in [1.29, 1.82) is 0 Å². The second kappa shape index (κ2) is 7.20. The molecule has 0 amide bonds. The molecule has 7 nitrogen and oxygen atoms in total. The lowest BCUT2D eigenvalue weighted by molar-refractivity contribution is 0.488. The highest BCUT2D eigenvalue weighted by molar-refractivity contribution is 5.85. The number of nitrogens with zero attached hydrogens (tertiary/aromatic N) is 5. The largest absolute Gasteiger partial charge is 0.341 e. The average molecular weight is 314 g/mol. The van der Waals surface area contributed by atoms with Crippen LogP contribution in [0.25, 0.3) is 0 Å². The smallest absolute Gasteiger partial charge is 0.230 e. The molecule has 1 aromatic rings. The van der Waals surface area contributed by atoms with E-state index in [1.165, 1.54) is 0 Å². The first kappa shape index (κ1) is 16.2. The van der Waals surface area contributed by atoms with E-state index in [0.29, 0.717) is 12.1 Å². The lowest BCUT2D eigenvalue weighted by atomic mass is 10.1. The van der Waals surface area contributed by atoms with Crippen molar-refractivity contribution < 1.29 is 0 Å². The number of nitrogens with two attached hydrogens (primary N) is 2. The van der Waals surface area contributed by atoms with Crippen molar-refractivity contribution in [3.8, 4) is 0 Å². The molecule has 1 aromatic heterocycles. The van der Waals surface area contributed by atoms with Crippen molar-refractivity contribution >= 4 is 24.3 Å². The van der Waals surface area contributed by atoms with Crippen molar-refractivity contribution in [3.63, 3.8) is 0 Å². The third kappa shape index (κ3) is 3.93. The highest BCUT2D eigenvalue weighted by Gasteiger charge is 2.21. The first-order valence-electron chi connectivity index (χ1n) is 7.42. The molecule has 118 valence electrons. The molecule has 2 aliphatic heterocycles. The molecule has 3 heterocycles. The third-order valence-electron chi connectivity index (χ3n) is 4.19. The quantitative estimate of drug-likeness (QED) is 0.802. The van der Waals surface area contributed by atoms with Gasteiger partial charge in [0.15, 0.2) is 0 Å². The zero-order valence-electron chi connectivity index (χ0n) is 12.2. The molecule has 0 radical (unpaired) electrons. The number of halogens is 1. The van der Waals surface area contributed by atoms with Gasteiger partial charge in [-0.15, -0.1) is 12.4 Å². The Labute approximate surface area is 131 Å². The summed E-state index contributed by atoms with van der Waals surface area (Å²) in [7, 11) is 0. The van der Waals surface area contributed by atoms with Crippen LogP contribution >= 0.6 is 12.4 Å². The van der Waals surface area contributed by atoms with Crippen LogP contribution in [0.2, 0.25) is 0 Å². The van der Waals surface area contributed by atoms with Crippen LogP contribution in [0.15, 0.2) is 6.33 Å².